The molecule has 1 rings (SSSR count). The van der Waals surface area contributed by atoms with E-state index in [9.17, 15) is 22.8 Å². The average molecular weight is 419 g/mol. The first-order valence-electron chi connectivity index (χ1n) is 8.19. The van der Waals surface area contributed by atoms with E-state index < -0.39 is 40.3 Å². The summed E-state index contributed by atoms with van der Waals surface area (Å²) in [5.41, 5.74) is 14.6. The Morgan fingerprint density at radius 1 is 1.04 bits per heavy atom. The van der Waals surface area contributed by atoms with E-state index in [0.29, 0.717) is 5.56 Å². The summed E-state index contributed by atoms with van der Waals surface area (Å²) < 4.78 is 26.0. The summed E-state index contributed by atoms with van der Waals surface area (Å²) in [6.07, 6.45) is -0.387. The van der Waals surface area contributed by atoms with Gasteiger partial charge in [-0.25, -0.2) is 13.1 Å². The Morgan fingerprint density at radius 2 is 1.57 bits per heavy atom. The van der Waals surface area contributed by atoms with Gasteiger partial charge in [-0.3, -0.25) is 14.4 Å². The zero-order valence-electron chi connectivity index (χ0n) is 16.3. The molecule has 0 saturated carbocycles. The molecule has 0 radical (unpaired) electrons. The molecule has 9 N–H and O–H groups in total. The number of nitrogens with one attached hydrogen (secondary N) is 3. The Morgan fingerprint density at radius 3 is 2.04 bits per heavy atom. The molecule has 12 heteroatoms. The number of nitrogens with two attached hydrogens (primary N) is 3. The van der Waals surface area contributed by atoms with Gasteiger partial charge in [0.25, 0.3) is 0 Å². The van der Waals surface area contributed by atoms with Crippen LogP contribution in [0.1, 0.15) is 12.0 Å². The Kier molecular flexibility index (Phi) is 15.3. The largest absolute Gasteiger partial charge is 0.370 e. The van der Waals surface area contributed by atoms with Gasteiger partial charge in [0.15, 0.2) is 0 Å². The molecule has 160 valence electrons. The van der Waals surface area contributed by atoms with Crippen molar-refractivity contribution in [1.29, 1.82) is 0 Å². The number of carbonyl (C=O) groups excluding carboxylic acids is 3. The van der Waals surface area contributed by atoms with Gasteiger partial charge in [-0.15, -0.1) is 0 Å². The van der Waals surface area contributed by atoms with Crippen LogP contribution in [-0.4, -0.2) is 59.9 Å². The van der Waals surface area contributed by atoms with Crippen LogP contribution in [0.4, 0.5) is 0 Å². The van der Waals surface area contributed by atoms with Crippen LogP contribution in [0.3, 0.4) is 0 Å². The average Bonchev–Trinajstić information content (AvgIpc) is 2.68. The van der Waals surface area contributed by atoms with Gasteiger partial charge in [0.1, 0.15) is 6.04 Å². The van der Waals surface area contributed by atoms with E-state index in [1.165, 1.54) is 21.1 Å². The number of carbonyl (C=O) groups is 3. The number of rotatable bonds is 9. The van der Waals surface area contributed by atoms with Crippen LogP contribution in [0.25, 0.3) is 0 Å². The van der Waals surface area contributed by atoms with Crippen molar-refractivity contribution in [1.82, 2.24) is 15.4 Å². The fourth-order valence-electron chi connectivity index (χ4n) is 1.85. The first kappa shape index (κ1) is 27.7. The van der Waals surface area contributed by atoms with Gasteiger partial charge >= 0.3 is 0 Å². The van der Waals surface area contributed by atoms with Crippen molar-refractivity contribution in [2.24, 2.45) is 17.2 Å². The van der Waals surface area contributed by atoms with E-state index in [1.54, 1.807) is 30.3 Å². The SMILES string of the molecule is CN.CN.CNC(=O)[C@H](CC(N)=O)NC(=O)CNS(=O)(=O)Cc1ccccc1. The second-order valence-electron chi connectivity index (χ2n) is 4.97. The standard InChI is InChI=1S/C14H20N4O5S.2CH5N/c1-16-14(21)11(7-12(15)19)18-13(20)8-17-24(22,23)9-10-5-3-2-4-6-10;2*1-2/h2-6,11,17H,7-9H2,1H3,(H2,15,19)(H,16,21)(H,18,20);2*2H2,1H3/t11-;;/m0../s1. The molecule has 1 atom stereocenters. The van der Waals surface area contributed by atoms with Crippen LogP contribution in [0.5, 0.6) is 0 Å². The monoisotopic (exact) mass is 418 g/mol. The first-order chi connectivity index (χ1) is 13.2. The molecule has 0 unspecified atom stereocenters. The Hall–Kier alpha value is -2.54. The lowest BCUT2D eigenvalue weighted by Gasteiger charge is -2.16. The molecule has 3 amide bonds. The van der Waals surface area contributed by atoms with Crippen LogP contribution >= 0.6 is 0 Å². The van der Waals surface area contributed by atoms with Gasteiger partial charge in [-0.2, -0.15) is 0 Å². The van der Waals surface area contributed by atoms with Crippen molar-refractivity contribution in [2.75, 3.05) is 27.7 Å². The molecule has 0 heterocycles. The third kappa shape index (κ3) is 12.8. The number of amides is 3. The summed E-state index contributed by atoms with van der Waals surface area (Å²) >= 11 is 0. The highest BCUT2D eigenvalue weighted by atomic mass is 32.2. The van der Waals surface area contributed by atoms with Crippen molar-refractivity contribution in [3.63, 3.8) is 0 Å². The van der Waals surface area contributed by atoms with Crippen molar-refractivity contribution < 1.29 is 22.8 Å². The predicted molar refractivity (Wildman–Crippen MR) is 107 cm³/mol. The van der Waals surface area contributed by atoms with Gasteiger partial charge < -0.3 is 27.8 Å². The lowest BCUT2D eigenvalue weighted by atomic mass is 10.2. The van der Waals surface area contributed by atoms with Gasteiger partial charge in [0, 0.05) is 7.05 Å². The van der Waals surface area contributed by atoms with Crippen LogP contribution in [0.15, 0.2) is 30.3 Å². The summed E-state index contributed by atoms with van der Waals surface area (Å²) in [7, 11) is 0.621. The third-order valence-corrected chi connectivity index (χ3v) is 4.25. The molecule has 1 aromatic rings. The van der Waals surface area contributed by atoms with Crippen molar-refractivity contribution in [3.05, 3.63) is 35.9 Å². The maximum Gasteiger partial charge on any atom is 0.242 e. The van der Waals surface area contributed by atoms with E-state index in [4.69, 9.17) is 5.73 Å². The Balaban J connectivity index is 0. The Bertz CT molecular complexity index is 697. The predicted octanol–water partition coefficient (Wildman–Crippen LogP) is -2.64. The van der Waals surface area contributed by atoms with E-state index in [-0.39, 0.29) is 12.2 Å². The molecular formula is C16H30N6O5S. The summed E-state index contributed by atoms with van der Waals surface area (Å²) in [5, 5.41) is 4.54. The molecule has 0 aliphatic heterocycles. The zero-order chi connectivity index (χ0) is 22.2. The van der Waals surface area contributed by atoms with Gasteiger partial charge in [-0.1, -0.05) is 30.3 Å². The molecule has 0 spiro atoms. The lowest BCUT2D eigenvalue weighted by molar-refractivity contribution is -0.130. The third-order valence-electron chi connectivity index (χ3n) is 2.96. The fourth-order valence-corrected chi connectivity index (χ4v) is 2.93. The quantitative estimate of drug-likeness (QED) is 0.252. The summed E-state index contributed by atoms with van der Waals surface area (Å²) in [4.78, 5) is 34.2. The van der Waals surface area contributed by atoms with E-state index in [2.05, 4.69) is 26.8 Å². The summed E-state index contributed by atoms with van der Waals surface area (Å²) in [5.74, 6) is -2.40. The highest BCUT2D eigenvalue weighted by Crippen LogP contribution is 2.03. The number of benzene rings is 1. The van der Waals surface area contributed by atoms with Crippen molar-refractivity contribution in [2.45, 2.75) is 18.2 Å². The molecule has 11 nitrogen and oxygen atoms in total. The number of hydrogen-bond acceptors (Lipinski definition) is 7. The van der Waals surface area contributed by atoms with Gasteiger partial charge in [0.05, 0.1) is 18.7 Å². The minimum Gasteiger partial charge on any atom is -0.370 e. The minimum absolute atomic E-state index is 0.277. The highest BCUT2D eigenvalue weighted by molar-refractivity contribution is 7.88. The molecule has 1 aromatic carbocycles. The van der Waals surface area contributed by atoms with Gasteiger partial charge in [-0.05, 0) is 19.7 Å². The van der Waals surface area contributed by atoms with Crippen molar-refractivity contribution in [3.8, 4) is 0 Å². The molecule has 0 aromatic heterocycles. The smallest absolute Gasteiger partial charge is 0.242 e. The summed E-state index contributed by atoms with van der Waals surface area (Å²) in [6.45, 7) is -0.554. The fraction of sp³-hybridized carbons (Fsp3) is 0.438. The van der Waals surface area contributed by atoms with Gasteiger partial charge in [0.2, 0.25) is 27.7 Å². The molecular weight excluding hydrogens is 388 g/mol. The van der Waals surface area contributed by atoms with Crippen LogP contribution in [0, 0.1) is 0 Å². The zero-order valence-corrected chi connectivity index (χ0v) is 17.1. The summed E-state index contributed by atoms with van der Waals surface area (Å²) in [6, 6.07) is 7.31. The van der Waals surface area contributed by atoms with Crippen LogP contribution in [-0.2, 0) is 30.2 Å². The highest BCUT2D eigenvalue weighted by Gasteiger charge is 2.22. The van der Waals surface area contributed by atoms with Crippen molar-refractivity contribution >= 4 is 27.7 Å². The van der Waals surface area contributed by atoms with E-state index in [1.807, 2.05) is 0 Å². The second-order valence-corrected chi connectivity index (χ2v) is 6.78. The lowest BCUT2D eigenvalue weighted by Crippen LogP contribution is -2.50. The van der Waals surface area contributed by atoms with E-state index >= 15 is 0 Å². The van der Waals surface area contributed by atoms with Crippen LogP contribution in [0.2, 0.25) is 0 Å². The maximum atomic E-state index is 11.9. The number of likely N-dealkylation sites (N-methyl/N-ethyl adjacent to an activating group) is 1. The normalized spacial score (nSPS) is 10.9. The topological polar surface area (TPSA) is 199 Å². The first-order valence-corrected chi connectivity index (χ1v) is 9.84. The molecule has 0 fully saturated rings. The molecule has 28 heavy (non-hydrogen) atoms. The van der Waals surface area contributed by atoms with Crippen LogP contribution < -0.4 is 32.6 Å². The number of primary amides is 1. The maximum absolute atomic E-state index is 11.9. The minimum atomic E-state index is -3.72. The molecule has 0 bridgehead atoms. The molecule has 0 saturated heterocycles. The van der Waals surface area contributed by atoms with E-state index in [0.717, 1.165) is 0 Å². The molecule has 0 aliphatic carbocycles. The number of sulfonamides is 1. The second kappa shape index (κ2) is 15.5. The Labute approximate surface area is 165 Å². The molecule has 0 aliphatic rings. The number of hydrogen-bond donors (Lipinski definition) is 6.